The third-order valence-electron chi connectivity index (χ3n) is 8.01. The maximum absolute atomic E-state index is 14.8. The van der Waals surface area contributed by atoms with Gasteiger partial charge in [0.1, 0.15) is 29.1 Å². The van der Waals surface area contributed by atoms with Gasteiger partial charge in [0.2, 0.25) is 17.7 Å². The molecule has 0 spiro atoms. The SMILES string of the molecule is COc1ccc(C2(C(=O)N3C[C@H](F)C[C@@H]3C(=O)Nc3ccc4c(cnn4C(=O)OC(C)(C)C)n3)CCC(F)(F)CC2)cc1F. The van der Waals surface area contributed by atoms with Crippen LogP contribution in [0.5, 0.6) is 5.75 Å². The average molecular weight is 620 g/mol. The van der Waals surface area contributed by atoms with Crippen LogP contribution in [0, 0.1) is 5.82 Å². The van der Waals surface area contributed by atoms with E-state index in [0.29, 0.717) is 5.52 Å². The van der Waals surface area contributed by atoms with Crippen molar-refractivity contribution in [1.82, 2.24) is 19.7 Å². The first-order valence-corrected chi connectivity index (χ1v) is 14.2. The summed E-state index contributed by atoms with van der Waals surface area (Å²) in [6.45, 7) is 4.70. The molecule has 2 fully saturated rings. The lowest BCUT2D eigenvalue weighted by Gasteiger charge is -2.42. The summed E-state index contributed by atoms with van der Waals surface area (Å²) in [6, 6.07) is 5.47. The van der Waals surface area contributed by atoms with Crippen molar-refractivity contribution in [3.8, 4) is 5.75 Å². The first-order valence-electron chi connectivity index (χ1n) is 14.2. The first-order chi connectivity index (χ1) is 20.6. The number of rotatable bonds is 5. The molecule has 3 aromatic rings. The van der Waals surface area contributed by atoms with Crippen molar-refractivity contribution in [2.45, 2.75) is 82.0 Å². The van der Waals surface area contributed by atoms with Gasteiger partial charge in [-0.1, -0.05) is 6.07 Å². The van der Waals surface area contributed by atoms with Crippen LogP contribution in [0.3, 0.4) is 0 Å². The highest BCUT2D eigenvalue weighted by molar-refractivity contribution is 6.00. The molecule has 1 saturated heterocycles. The fraction of sp³-hybridized carbons (Fsp3) is 0.500. The van der Waals surface area contributed by atoms with Crippen molar-refractivity contribution in [3.05, 3.63) is 47.9 Å². The number of pyridine rings is 1. The molecule has 1 aliphatic heterocycles. The molecule has 2 aliphatic rings. The molecule has 236 valence electrons. The number of nitrogens with zero attached hydrogens (tertiary/aromatic N) is 4. The van der Waals surface area contributed by atoms with E-state index in [1.807, 2.05) is 0 Å². The number of ether oxygens (including phenoxy) is 2. The highest BCUT2D eigenvalue weighted by atomic mass is 19.3. The maximum atomic E-state index is 14.8. The van der Waals surface area contributed by atoms with E-state index < -0.39 is 72.3 Å². The minimum atomic E-state index is -3.01. The summed E-state index contributed by atoms with van der Waals surface area (Å²) in [5.41, 5.74) is -1.60. The smallest absolute Gasteiger partial charge is 0.435 e. The van der Waals surface area contributed by atoms with Crippen LogP contribution in [-0.2, 0) is 19.7 Å². The van der Waals surface area contributed by atoms with Gasteiger partial charge in [-0.2, -0.15) is 9.78 Å². The van der Waals surface area contributed by atoms with Crippen LogP contribution < -0.4 is 10.1 Å². The number of carbonyl (C=O) groups is 3. The molecular weight excluding hydrogens is 586 g/mol. The standard InChI is InChI=1S/C30H33F4N5O5/c1-28(2,3)44-27(42)39-21-6-8-24(36-20(21)15-35-39)37-25(40)22-14-18(31)16-38(22)26(41)29(9-11-30(33,34)12-10-29)17-5-7-23(43-4)19(32)13-17/h5-8,13,15,18,22H,9-12,14,16H2,1-4H3,(H,36,37,40)/t18-,22-/m1/s1. The normalized spacial score (nSPS) is 21.2. The number of hydrogen-bond donors (Lipinski definition) is 1. The Morgan fingerprint density at radius 1 is 1.07 bits per heavy atom. The van der Waals surface area contributed by atoms with Crippen LogP contribution in [0.25, 0.3) is 11.0 Å². The predicted octanol–water partition coefficient (Wildman–Crippen LogP) is 5.39. The number of fused-ring (bicyclic) bond motifs is 1. The van der Waals surface area contributed by atoms with E-state index in [-0.39, 0.29) is 41.9 Å². The zero-order valence-electron chi connectivity index (χ0n) is 24.7. The van der Waals surface area contributed by atoms with Crippen molar-refractivity contribution >= 4 is 34.8 Å². The zero-order valence-corrected chi connectivity index (χ0v) is 24.7. The molecule has 0 radical (unpaired) electrons. The van der Waals surface area contributed by atoms with E-state index in [0.717, 1.165) is 15.6 Å². The number of anilines is 1. The van der Waals surface area contributed by atoms with Gasteiger partial charge in [0.25, 0.3) is 0 Å². The van der Waals surface area contributed by atoms with Crippen molar-refractivity contribution in [2.75, 3.05) is 19.0 Å². The Kier molecular flexibility index (Phi) is 8.06. The summed E-state index contributed by atoms with van der Waals surface area (Å²) in [5, 5.41) is 6.60. The number of carbonyl (C=O) groups excluding carboxylic acids is 3. The van der Waals surface area contributed by atoms with E-state index >= 15 is 0 Å². The second-order valence-corrected chi connectivity index (χ2v) is 12.2. The van der Waals surface area contributed by atoms with Gasteiger partial charge in [0.15, 0.2) is 11.6 Å². The second kappa shape index (κ2) is 11.4. The molecule has 1 N–H and O–H groups in total. The Morgan fingerprint density at radius 3 is 2.41 bits per heavy atom. The summed E-state index contributed by atoms with van der Waals surface area (Å²) in [4.78, 5) is 45.5. The van der Waals surface area contributed by atoms with Crippen LogP contribution in [0.15, 0.2) is 36.5 Å². The molecule has 14 heteroatoms. The van der Waals surface area contributed by atoms with Gasteiger partial charge in [-0.25, -0.2) is 27.3 Å². The number of likely N-dealkylation sites (tertiary alicyclic amines) is 1. The first kappa shape index (κ1) is 31.2. The molecule has 0 unspecified atom stereocenters. The molecular formula is C30H33F4N5O5. The van der Waals surface area contributed by atoms with Gasteiger partial charge in [0.05, 0.1) is 30.8 Å². The fourth-order valence-electron chi connectivity index (χ4n) is 5.81. The van der Waals surface area contributed by atoms with Crippen LogP contribution in [0.1, 0.15) is 58.4 Å². The predicted molar refractivity (Wildman–Crippen MR) is 151 cm³/mol. The summed E-state index contributed by atoms with van der Waals surface area (Å²) < 4.78 is 69.4. The van der Waals surface area contributed by atoms with E-state index in [4.69, 9.17) is 9.47 Å². The molecule has 3 heterocycles. The molecule has 0 bridgehead atoms. The third kappa shape index (κ3) is 6.06. The Labute approximate surface area is 250 Å². The van der Waals surface area contributed by atoms with Crippen LogP contribution in [0.4, 0.5) is 28.2 Å². The molecule has 2 atom stereocenters. The van der Waals surface area contributed by atoms with Crippen LogP contribution in [-0.4, -0.2) is 75.0 Å². The molecule has 44 heavy (non-hydrogen) atoms. The summed E-state index contributed by atoms with van der Waals surface area (Å²) in [6.07, 6.45) is -3.15. The number of nitrogens with one attached hydrogen (secondary N) is 1. The van der Waals surface area contributed by atoms with Gasteiger partial charge < -0.3 is 19.7 Å². The summed E-state index contributed by atoms with van der Waals surface area (Å²) in [7, 11) is 1.27. The topological polar surface area (TPSA) is 116 Å². The lowest BCUT2D eigenvalue weighted by atomic mass is 9.67. The number of amides is 2. The van der Waals surface area contributed by atoms with Gasteiger partial charge in [-0.15, -0.1) is 0 Å². The minimum Gasteiger partial charge on any atom is -0.494 e. The summed E-state index contributed by atoms with van der Waals surface area (Å²) >= 11 is 0. The highest BCUT2D eigenvalue weighted by Crippen LogP contribution is 2.48. The Balaban J connectivity index is 1.40. The largest absolute Gasteiger partial charge is 0.494 e. The monoisotopic (exact) mass is 619 g/mol. The second-order valence-electron chi connectivity index (χ2n) is 12.2. The van der Waals surface area contributed by atoms with Crippen molar-refractivity contribution in [2.24, 2.45) is 0 Å². The van der Waals surface area contributed by atoms with Crippen molar-refractivity contribution in [1.29, 1.82) is 0 Å². The Morgan fingerprint density at radius 2 is 1.77 bits per heavy atom. The minimum absolute atomic E-state index is 0.0604. The lowest BCUT2D eigenvalue weighted by Crippen LogP contribution is -2.54. The molecule has 1 saturated carbocycles. The van der Waals surface area contributed by atoms with Gasteiger partial charge in [0, 0.05) is 19.3 Å². The molecule has 1 aliphatic carbocycles. The fourth-order valence-corrected chi connectivity index (χ4v) is 5.81. The molecule has 1 aromatic carbocycles. The van der Waals surface area contributed by atoms with Gasteiger partial charge >= 0.3 is 6.09 Å². The molecule has 2 aromatic heterocycles. The zero-order chi connectivity index (χ0) is 32.0. The number of alkyl halides is 3. The van der Waals surface area contributed by atoms with E-state index in [9.17, 15) is 31.9 Å². The average Bonchev–Trinajstić information content (AvgIpc) is 3.55. The third-order valence-corrected chi connectivity index (χ3v) is 8.01. The van der Waals surface area contributed by atoms with Crippen molar-refractivity contribution in [3.63, 3.8) is 0 Å². The highest BCUT2D eigenvalue weighted by Gasteiger charge is 2.53. The molecule has 5 rings (SSSR count). The molecule has 10 nitrogen and oxygen atoms in total. The van der Waals surface area contributed by atoms with E-state index in [2.05, 4.69) is 15.4 Å². The lowest BCUT2D eigenvalue weighted by molar-refractivity contribution is -0.146. The van der Waals surface area contributed by atoms with Crippen LogP contribution in [0.2, 0.25) is 0 Å². The number of aromatic nitrogens is 3. The van der Waals surface area contributed by atoms with E-state index in [1.54, 1.807) is 20.8 Å². The molecule has 2 amide bonds. The quantitative estimate of drug-likeness (QED) is 0.381. The van der Waals surface area contributed by atoms with Gasteiger partial charge in [-0.3, -0.25) is 9.59 Å². The Bertz CT molecular complexity index is 1590. The maximum Gasteiger partial charge on any atom is 0.435 e. The van der Waals surface area contributed by atoms with Gasteiger partial charge in [-0.05, 0) is 63.4 Å². The number of methoxy groups -OCH3 is 1. The van der Waals surface area contributed by atoms with E-state index in [1.165, 1.54) is 37.6 Å². The number of hydrogen-bond acceptors (Lipinski definition) is 7. The summed E-state index contributed by atoms with van der Waals surface area (Å²) in [5.74, 6) is -5.26. The Hall–Kier alpha value is -4.23. The number of halogens is 4. The van der Waals surface area contributed by atoms with Crippen molar-refractivity contribution < 1.29 is 41.4 Å². The number of benzene rings is 1. The van der Waals surface area contributed by atoms with Crippen LogP contribution >= 0.6 is 0 Å².